The summed E-state index contributed by atoms with van der Waals surface area (Å²) in [6, 6.07) is 6.39. The normalized spacial score (nSPS) is 15.9. The molecule has 0 radical (unpaired) electrons. The van der Waals surface area contributed by atoms with E-state index in [1.807, 2.05) is 0 Å². The minimum atomic E-state index is 0.999. The second kappa shape index (κ2) is 3.91. The summed E-state index contributed by atoms with van der Waals surface area (Å²) in [5, 5.41) is 1.16. The van der Waals surface area contributed by atoms with E-state index in [9.17, 15) is 0 Å². The molecule has 82 valence electrons. The number of nitrogens with zero attached hydrogens (tertiary/aromatic N) is 2. The van der Waals surface area contributed by atoms with E-state index in [2.05, 4.69) is 42.2 Å². The summed E-state index contributed by atoms with van der Waals surface area (Å²) in [7, 11) is 0. The average molecular weight is 230 g/mol. The van der Waals surface area contributed by atoms with Crippen molar-refractivity contribution in [3.8, 4) is 0 Å². The molecule has 0 fully saturated rings. The Bertz CT molecular complexity index is 542. The minimum Gasteiger partial charge on any atom is -0.344 e. The number of thiazole rings is 1. The van der Waals surface area contributed by atoms with Gasteiger partial charge in [-0.15, -0.1) is 0 Å². The van der Waals surface area contributed by atoms with Gasteiger partial charge < -0.3 is 4.90 Å². The number of hydrogen-bond acceptors (Lipinski definition) is 3. The lowest BCUT2D eigenvalue weighted by atomic mass is 10.2. The van der Waals surface area contributed by atoms with Gasteiger partial charge in [-0.25, -0.2) is 4.98 Å². The van der Waals surface area contributed by atoms with Gasteiger partial charge in [-0.3, -0.25) is 0 Å². The Hall–Kier alpha value is -1.35. The van der Waals surface area contributed by atoms with Crippen LogP contribution in [0.3, 0.4) is 0 Å². The summed E-state index contributed by atoms with van der Waals surface area (Å²) in [5.74, 6) is 0. The average Bonchev–Trinajstić information content (AvgIpc) is 2.76. The summed E-state index contributed by atoms with van der Waals surface area (Å²) in [6.45, 7) is 4.22. The Balaban J connectivity index is 2.05. The maximum Gasteiger partial charge on any atom is 0.186 e. The molecule has 1 aromatic heterocycles. The molecule has 2 heterocycles. The van der Waals surface area contributed by atoms with Crippen LogP contribution in [0.2, 0.25) is 0 Å². The summed E-state index contributed by atoms with van der Waals surface area (Å²) >= 11 is 1.80. The largest absolute Gasteiger partial charge is 0.344 e. The summed E-state index contributed by atoms with van der Waals surface area (Å²) in [4.78, 5) is 7.10. The van der Waals surface area contributed by atoms with Gasteiger partial charge in [-0.05, 0) is 25.0 Å². The second-order valence-corrected chi connectivity index (χ2v) is 5.13. The van der Waals surface area contributed by atoms with Crippen molar-refractivity contribution in [2.75, 3.05) is 18.0 Å². The smallest absolute Gasteiger partial charge is 0.186 e. The van der Waals surface area contributed by atoms with Gasteiger partial charge >= 0.3 is 0 Å². The standard InChI is InChI=1S/C13H14N2S/c1-10-6-5-7-11-12(10)14-13(16-11)15-8-3-2-4-9-15/h2-3,5-7H,4,8-9H2,1H3. The lowest BCUT2D eigenvalue weighted by molar-refractivity contribution is 0.818. The first-order valence-corrected chi connectivity index (χ1v) is 6.42. The molecule has 2 aromatic rings. The number of benzene rings is 1. The molecule has 3 heteroatoms. The van der Waals surface area contributed by atoms with Crippen LogP contribution in [0.4, 0.5) is 5.13 Å². The van der Waals surface area contributed by atoms with Crippen molar-refractivity contribution >= 4 is 26.7 Å². The number of hydrogen-bond donors (Lipinski definition) is 0. The molecule has 1 aliphatic rings. The van der Waals surface area contributed by atoms with Crippen LogP contribution in [0.15, 0.2) is 30.4 Å². The molecule has 0 aliphatic carbocycles. The minimum absolute atomic E-state index is 0.999. The fraction of sp³-hybridized carbons (Fsp3) is 0.308. The van der Waals surface area contributed by atoms with Gasteiger partial charge in [0.15, 0.2) is 5.13 Å². The molecule has 16 heavy (non-hydrogen) atoms. The molecule has 1 aliphatic heterocycles. The molecule has 0 saturated carbocycles. The molecular weight excluding hydrogens is 216 g/mol. The van der Waals surface area contributed by atoms with Crippen LogP contribution >= 0.6 is 11.3 Å². The number of anilines is 1. The molecule has 0 atom stereocenters. The Morgan fingerprint density at radius 2 is 2.25 bits per heavy atom. The van der Waals surface area contributed by atoms with Crippen molar-refractivity contribution in [1.29, 1.82) is 0 Å². The van der Waals surface area contributed by atoms with E-state index in [1.165, 1.54) is 10.3 Å². The molecule has 0 unspecified atom stereocenters. The molecule has 0 spiro atoms. The quantitative estimate of drug-likeness (QED) is 0.698. The fourth-order valence-electron chi connectivity index (χ4n) is 2.02. The third-order valence-electron chi connectivity index (χ3n) is 2.94. The molecular formula is C13H14N2S. The molecule has 0 bridgehead atoms. The van der Waals surface area contributed by atoms with Gasteiger partial charge in [0.1, 0.15) is 0 Å². The number of rotatable bonds is 1. The summed E-state index contributed by atoms with van der Waals surface area (Å²) in [5.41, 5.74) is 2.43. The number of para-hydroxylation sites is 1. The van der Waals surface area contributed by atoms with E-state index in [0.29, 0.717) is 0 Å². The summed E-state index contributed by atoms with van der Waals surface area (Å²) in [6.07, 6.45) is 5.60. The highest BCUT2D eigenvalue weighted by Gasteiger charge is 2.13. The van der Waals surface area contributed by atoms with Gasteiger partial charge in [-0.1, -0.05) is 35.6 Å². The first-order valence-electron chi connectivity index (χ1n) is 5.61. The lowest BCUT2D eigenvalue weighted by Gasteiger charge is -2.21. The van der Waals surface area contributed by atoms with Crippen LogP contribution in [0.25, 0.3) is 10.2 Å². The Morgan fingerprint density at radius 1 is 1.31 bits per heavy atom. The number of fused-ring (bicyclic) bond motifs is 1. The third-order valence-corrected chi connectivity index (χ3v) is 4.02. The van der Waals surface area contributed by atoms with E-state index in [0.717, 1.165) is 30.2 Å². The lowest BCUT2D eigenvalue weighted by Crippen LogP contribution is -2.26. The van der Waals surface area contributed by atoms with Crippen LogP contribution in [-0.2, 0) is 0 Å². The van der Waals surface area contributed by atoms with Crippen LogP contribution in [-0.4, -0.2) is 18.1 Å². The highest BCUT2D eigenvalue weighted by Crippen LogP contribution is 2.30. The van der Waals surface area contributed by atoms with Crippen LogP contribution < -0.4 is 4.90 Å². The van der Waals surface area contributed by atoms with E-state index in [4.69, 9.17) is 4.98 Å². The van der Waals surface area contributed by atoms with Gasteiger partial charge in [0, 0.05) is 13.1 Å². The van der Waals surface area contributed by atoms with Crippen LogP contribution in [0.5, 0.6) is 0 Å². The Kier molecular flexibility index (Phi) is 2.40. The Labute approximate surface area is 99.2 Å². The fourth-order valence-corrected chi connectivity index (χ4v) is 3.10. The second-order valence-electron chi connectivity index (χ2n) is 4.12. The van der Waals surface area contributed by atoms with Crippen molar-refractivity contribution in [2.45, 2.75) is 13.3 Å². The van der Waals surface area contributed by atoms with E-state index in [1.54, 1.807) is 11.3 Å². The molecule has 0 saturated heterocycles. The maximum atomic E-state index is 4.75. The Morgan fingerprint density at radius 3 is 3.00 bits per heavy atom. The molecule has 0 N–H and O–H groups in total. The SMILES string of the molecule is Cc1cccc2sc(N3CC=CCC3)nc12. The van der Waals surface area contributed by atoms with Crippen molar-refractivity contribution in [2.24, 2.45) is 0 Å². The van der Waals surface area contributed by atoms with Crippen LogP contribution in [0.1, 0.15) is 12.0 Å². The zero-order valence-electron chi connectivity index (χ0n) is 9.31. The van der Waals surface area contributed by atoms with E-state index < -0.39 is 0 Å². The van der Waals surface area contributed by atoms with E-state index >= 15 is 0 Å². The van der Waals surface area contributed by atoms with Gasteiger partial charge in [0.25, 0.3) is 0 Å². The van der Waals surface area contributed by atoms with Gasteiger partial charge in [0.2, 0.25) is 0 Å². The van der Waals surface area contributed by atoms with Crippen molar-refractivity contribution in [3.63, 3.8) is 0 Å². The zero-order valence-corrected chi connectivity index (χ0v) is 10.1. The molecule has 0 amide bonds. The predicted molar refractivity (Wildman–Crippen MR) is 70.3 cm³/mol. The molecule has 3 rings (SSSR count). The van der Waals surface area contributed by atoms with Gasteiger partial charge in [0.05, 0.1) is 10.2 Å². The maximum absolute atomic E-state index is 4.75. The third kappa shape index (κ3) is 1.61. The number of aromatic nitrogens is 1. The predicted octanol–water partition coefficient (Wildman–Crippen LogP) is 3.37. The first-order chi connectivity index (χ1) is 7.84. The topological polar surface area (TPSA) is 16.1 Å². The van der Waals surface area contributed by atoms with Crippen molar-refractivity contribution in [1.82, 2.24) is 4.98 Å². The highest BCUT2D eigenvalue weighted by molar-refractivity contribution is 7.22. The number of aryl methyl sites for hydroxylation is 1. The highest BCUT2D eigenvalue weighted by atomic mass is 32.1. The van der Waals surface area contributed by atoms with Gasteiger partial charge in [-0.2, -0.15) is 0 Å². The van der Waals surface area contributed by atoms with Crippen LogP contribution in [0, 0.1) is 6.92 Å². The summed E-state index contributed by atoms with van der Waals surface area (Å²) < 4.78 is 1.30. The monoisotopic (exact) mass is 230 g/mol. The van der Waals surface area contributed by atoms with E-state index in [-0.39, 0.29) is 0 Å². The zero-order chi connectivity index (χ0) is 11.0. The van der Waals surface area contributed by atoms with Crippen molar-refractivity contribution < 1.29 is 0 Å². The molecule has 1 aromatic carbocycles. The first kappa shape index (κ1) is 9.85. The molecule has 2 nitrogen and oxygen atoms in total. The van der Waals surface area contributed by atoms with Crippen molar-refractivity contribution in [3.05, 3.63) is 35.9 Å².